The highest BCUT2D eigenvalue weighted by molar-refractivity contribution is 7.89. The topological polar surface area (TPSA) is 66.9 Å². The van der Waals surface area contributed by atoms with Crippen molar-refractivity contribution in [1.82, 2.24) is 9.21 Å². The minimum Gasteiger partial charge on any atom is -0.481 e. The summed E-state index contributed by atoms with van der Waals surface area (Å²) in [6, 6.07) is 13.7. The van der Waals surface area contributed by atoms with Gasteiger partial charge in [0.1, 0.15) is 5.75 Å². The molecule has 29 heavy (non-hydrogen) atoms. The molecule has 0 spiro atoms. The maximum atomic E-state index is 12.9. The predicted octanol–water partition coefficient (Wildman–Crippen LogP) is 3.34. The van der Waals surface area contributed by atoms with E-state index in [1.54, 1.807) is 47.4 Å². The van der Waals surface area contributed by atoms with Crippen molar-refractivity contribution in [3.05, 3.63) is 59.1 Å². The molecule has 2 aromatic carbocycles. The third-order valence-corrected chi connectivity index (χ3v) is 7.32. The van der Waals surface area contributed by atoms with Gasteiger partial charge >= 0.3 is 0 Å². The van der Waals surface area contributed by atoms with Gasteiger partial charge in [-0.1, -0.05) is 36.7 Å². The molecule has 0 unspecified atom stereocenters. The second-order valence-corrected chi connectivity index (χ2v) is 9.31. The first-order chi connectivity index (χ1) is 13.8. The second kappa shape index (κ2) is 9.15. The van der Waals surface area contributed by atoms with Crippen molar-refractivity contribution >= 4 is 27.5 Å². The zero-order valence-corrected chi connectivity index (χ0v) is 18.1. The molecule has 0 bridgehead atoms. The fourth-order valence-electron chi connectivity index (χ4n) is 3.26. The predicted molar refractivity (Wildman–Crippen MR) is 113 cm³/mol. The van der Waals surface area contributed by atoms with E-state index < -0.39 is 16.1 Å². The number of carbonyl (C=O) groups is 1. The number of halogens is 1. The Labute approximate surface area is 177 Å². The molecule has 1 atom stereocenters. The van der Waals surface area contributed by atoms with Crippen LogP contribution in [0.3, 0.4) is 0 Å². The number of hydrogen-bond donors (Lipinski definition) is 0. The summed E-state index contributed by atoms with van der Waals surface area (Å²) in [4.78, 5) is 14.9. The summed E-state index contributed by atoms with van der Waals surface area (Å²) in [5, 5.41) is 0.646. The summed E-state index contributed by atoms with van der Waals surface area (Å²) >= 11 is 6.05. The lowest BCUT2D eigenvalue weighted by Crippen LogP contribution is -2.53. The molecule has 6 nitrogen and oxygen atoms in total. The van der Waals surface area contributed by atoms with E-state index in [1.165, 1.54) is 4.31 Å². The van der Waals surface area contributed by atoms with Gasteiger partial charge in [0.05, 0.1) is 4.90 Å². The van der Waals surface area contributed by atoms with E-state index >= 15 is 0 Å². The van der Waals surface area contributed by atoms with E-state index in [0.29, 0.717) is 30.3 Å². The summed E-state index contributed by atoms with van der Waals surface area (Å²) in [5.74, 6) is 0.467. The van der Waals surface area contributed by atoms with Gasteiger partial charge in [0.25, 0.3) is 5.91 Å². The molecule has 2 aromatic rings. The molecule has 0 aliphatic carbocycles. The molecule has 0 saturated carbocycles. The van der Waals surface area contributed by atoms with Crippen LogP contribution < -0.4 is 4.74 Å². The number of carbonyl (C=O) groups excluding carboxylic acids is 1. The number of aryl methyl sites for hydroxylation is 1. The van der Waals surface area contributed by atoms with E-state index in [4.69, 9.17) is 16.3 Å². The number of amides is 1. The van der Waals surface area contributed by atoms with Crippen molar-refractivity contribution in [2.24, 2.45) is 0 Å². The monoisotopic (exact) mass is 436 g/mol. The van der Waals surface area contributed by atoms with Crippen LogP contribution in [0, 0.1) is 6.92 Å². The minimum atomic E-state index is -3.54. The van der Waals surface area contributed by atoms with E-state index in [2.05, 4.69) is 0 Å². The Morgan fingerprint density at radius 3 is 2.34 bits per heavy atom. The molecular weight excluding hydrogens is 412 g/mol. The summed E-state index contributed by atoms with van der Waals surface area (Å²) < 4.78 is 32.8. The molecule has 1 fully saturated rings. The molecule has 3 rings (SSSR count). The van der Waals surface area contributed by atoms with Gasteiger partial charge in [-0.3, -0.25) is 4.79 Å². The lowest BCUT2D eigenvalue weighted by molar-refractivity contribution is -0.140. The Morgan fingerprint density at radius 1 is 1.10 bits per heavy atom. The summed E-state index contributed by atoms with van der Waals surface area (Å²) in [6.45, 7) is 4.97. The Kier molecular flexibility index (Phi) is 6.82. The fraction of sp³-hybridized carbons (Fsp3) is 0.381. The zero-order chi connectivity index (χ0) is 21.0. The lowest BCUT2D eigenvalue weighted by atomic mass is 10.2. The van der Waals surface area contributed by atoms with Crippen LogP contribution in [0.2, 0.25) is 5.02 Å². The molecule has 1 aliphatic heterocycles. The molecular formula is C21H25ClN2O4S. The Morgan fingerprint density at radius 2 is 1.76 bits per heavy atom. The van der Waals surface area contributed by atoms with Crippen molar-refractivity contribution in [3.8, 4) is 5.75 Å². The smallest absolute Gasteiger partial charge is 0.263 e. The lowest BCUT2D eigenvalue weighted by Gasteiger charge is -2.35. The quantitative estimate of drug-likeness (QED) is 0.696. The highest BCUT2D eigenvalue weighted by Crippen LogP contribution is 2.23. The standard InChI is InChI=1S/C21H25ClN2O4S/c1-3-20(28-17-9-10-19(22)16(2)15-17)21(25)23-11-13-24(14-12-23)29(26,27)18-7-5-4-6-8-18/h4-10,15,20H,3,11-14H2,1-2H3/t20-/m0/s1. The zero-order valence-electron chi connectivity index (χ0n) is 16.5. The van der Waals surface area contributed by atoms with Crippen LogP contribution in [0.15, 0.2) is 53.4 Å². The minimum absolute atomic E-state index is 0.128. The molecule has 1 saturated heterocycles. The first-order valence-corrected chi connectivity index (χ1v) is 11.4. The van der Waals surface area contributed by atoms with Crippen molar-refractivity contribution in [2.45, 2.75) is 31.3 Å². The Bertz CT molecular complexity index is 958. The summed E-state index contributed by atoms with van der Waals surface area (Å²) in [5.41, 5.74) is 0.881. The van der Waals surface area contributed by atoms with Gasteiger partial charge in [-0.25, -0.2) is 8.42 Å². The number of nitrogens with zero attached hydrogens (tertiary/aromatic N) is 2. The van der Waals surface area contributed by atoms with E-state index in [1.807, 2.05) is 19.9 Å². The first kappa shape index (κ1) is 21.6. The van der Waals surface area contributed by atoms with Crippen LogP contribution in [0.1, 0.15) is 18.9 Å². The van der Waals surface area contributed by atoms with Crippen molar-refractivity contribution in [3.63, 3.8) is 0 Å². The number of rotatable bonds is 6. The molecule has 1 heterocycles. The van der Waals surface area contributed by atoms with Crippen molar-refractivity contribution in [1.29, 1.82) is 0 Å². The number of ether oxygens (including phenoxy) is 1. The molecule has 0 radical (unpaired) electrons. The second-order valence-electron chi connectivity index (χ2n) is 6.97. The normalized spacial score (nSPS) is 16.4. The van der Waals surface area contributed by atoms with Gasteiger partial charge in [0.15, 0.2) is 6.10 Å². The maximum Gasteiger partial charge on any atom is 0.263 e. The SMILES string of the molecule is CC[C@H](Oc1ccc(Cl)c(C)c1)C(=O)N1CCN(S(=O)(=O)c2ccccc2)CC1. The fourth-order valence-corrected chi connectivity index (χ4v) is 4.82. The average molecular weight is 437 g/mol. The molecule has 8 heteroatoms. The summed E-state index contributed by atoms with van der Waals surface area (Å²) in [7, 11) is -3.54. The van der Waals surface area contributed by atoms with E-state index in [-0.39, 0.29) is 23.9 Å². The Hall–Kier alpha value is -2.09. The van der Waals surface area contributed by atoms with Crippen LogP contribution in [0.25, 0.3) is 0 Å². The molecule has 0 N–H and O–H groups in total. The molecule has 156 valence electrons. The van der Waals surface area contributed by atoms with Crippen LogP contribution in [-0.4, -0.2) is 55.8 Å². The number of hydrogen-bond acceptors (Lipinski definition) is 4. The van der Waals surface area contributed by atoms with Crippen molar-refractivity contribution in [2.75, 3.05) is 26.2 Å². The van der Waals surface area contributed by atoms with Gasteiger partial charge in [-0.15, -0.1) is 0 Å². The largest absolute Gasteiger partial charge is 0.481 e. The highest BCUT2D eigenvalue weighted by atomic mass is 35.5. The maximum absolute atomic E-state index is 12.9. The third-order valence-electron chi connectivity index (χ3n) is 4.99. The van der Waals surface area contributed by atoms with Gasteiger partial charge in [-0.2, -0.15) is 4.31 Å². The molecule has 0 aromatic heterocycles. The van der Waals surface area contributed by atoms with Crippen LogP contribution in [0.4, 0.5) is 0 Å². The van der Waals surface area contributed by atoms with Gasteiger partial charge < -0.3 is 9.64 Å². The average Bonchev–Trinajstić information content (AvgIpc) is 2.74. The van der Waals surface area contributed by atoms with E-state index in [9.17, 15) is 13.2 Å². The number of sulfonamides is 1. The van der Waals surface area contributed by atoms with Gasteiger partial charge in [-0.05, 0) is 49.2 Å². The van der Waals surface area contributed by atoms with E-state index in [0.717, 1.165) is 5.56 Å². The highest BCUT2D eigenvalue weighted by Gasteiger charge is 2.32. The van der Waals surface area contributed by atoms with Gasteiger partial charge in [0, 0.05) is 31.2 Å². The van der Waals surface area contributed by atoms with Crippen LogP contribution in [-0.2, 0) is 14.8 Å². The van der Waals surface area contributed by atoms with Crippen LogP contribution in [0.5, 0.6) is 5.75 Å². The molecule has 1 amide bonds. The van der Waals surface area contributed by atoms with Gasteiger partial charge in [0.2, 0.25) is 10.0 Å². The number of piperazine rings is 1. The third kappa shape index (κ3) is 4.91. The molecule has 1 aliphatic rings. The first-order valence-electron chi connectivity index (χ1n) is 9.59. The van der Waals surface area contributed by atoms with Crippen LogP contribution >= 0.6 is 11.6 Å². The summed E-state index contributed by atoms with van der Waals surface area (Å²) in [6.07, 6.45) is -0.101. The Balaban J connectivity index is 1.63. The number of benzene rings is 2. The van der Waals surface area contributed by atoms with Crippen molar-refractivity contribution < 1.29 is 17.9 Å².